The van der Waals surface area contributed by atoms with Gasteiger partial charge in [0.25, 0.3) is 0 Å². The van der Waals surface area contributed by atoms with Gasteiger partial charge in [-0.25, -0.2) is 4.79 Å². The fourth-order valence-electron chi connectivity index (χ4n) is 2.17. The lowest BCUT2D eigenvalue weighted by molar-refractivity contribution is -0.149. The average molecular weight is 244 g/mol. The maximum Gasteiger partial charge on any atom is 0.327 e. The summed E-state index contributed by atoms with van der Waals surface area (Å²) in [5.74, 6) is 0.208. The first-order chi connectivity index (χ1) is 7.70. The number of nitrogens with one attached hydrogen (secondary N) is 1. The second-order valence-electron chi connectivity index (χ2n) is 4.19. The second-order valence-corrected chi connectivity index (χ2v) is 5.19. The zero-order chi connectivity index (χ0) is 11.5. The predicted octanol–water partition coefficient (Wildman–Crippen LogP) is -0.0279. The Morgan fingerprint density at radius 2 is 2.00 bits per heavy atom. The van der Waals surface area contributed by atoms with E-state index in [2.05, 4.69) is 5.32 Å². The molecule has 2 saturated heterocycles. The molecule has 6 heteroatoms. The van der Waals surface area contributed by atoms with Crippen molar-refractivity contribution in [2.24, 2.45) is 5.92 Å². The third kappa shape index (κ3) is 2.32. The van der Waals surface area contributed by atoms with Gasteiger partial charge in [0.1, 0.15) is 6.04 Å². The SMILES string of the molecule is O=C(O)[C@@H]1CSCN1C(=O)C1CCNCC1. The Labute approximate surface area is 98.6 Å². The van der Waals surface area contributed by atoms with E-state index < -0.39 is 12.0 Å². The first kappa shape index (κ1) is 11.7. The molecule has 2 N–H and O–H groups in total. The molecular formula is C10H16N2O3S. The van der Waals surface area contributed by atoms with Gasteiger partial charge in [0.05, 0.1) is 5.88 Å². The van der Waals surface area contributed by atoms with Crippen molar-refractivity contribution in [1.82, 2.24) is 10.2 Å². The van der Waals surface area contributed by atoms with Gasteiger partial charge in [0.15, 0.2) is 0 Å². The number of rotatable bonds is 2. The summed E-state index contributed by atoms with van der Waals surface area (Å²) in [6.45, 7) is 1.71. The summed E-state index contributed by atoms with van der Waals surface area (Å²) in [7, 11) is 0. The molecule has 2 aliphatic heterocycles. The molecule has 0 spiro atoms. The monoisotopic (exact) mass is 244 g/mol. The molecule has 2 rings (SSSR count). The van der Waals surface area contributed by atoms with Gasteiger partial charge in [-0.15, -0.1) is 11.8 Å². The van der Waals surface area contributed by atoms with Crippen molar-refractivity contribution in [3.63, 3.8) is 0 Å². The van der Waals surface area contributed by atoms with E-state index in [1.807, 2.05) is 0 Å². The van der Waals surface area contributed by atoms with Gasteiger partial charge in [-0.2, -0.15) is 0 Å². The topological polar surface area (TPSA) is 69.6 Å². The van der Waals surface area contributed by atoms with Gasteiger partial charge in [-0.3, -0.25) is 4.79 Å². The van der Waals surface area contributed by atoms with E-state index in [0.29, 0.717) is 11.6 Å². The van der Waals surface area contributed by atoms with Gasteiger partial charge in [0.2, 0.25) is 5.91 Å². The van der Waals surface area contributed by atoms with Gasteiger partial charge < -0.3 is 15.3 Å². The molecular weight excluding hydrogens is 228 g/mol. The minimum atomic E-state index is -0.882. The van der Waals surface area contributed by atoms with E-state index in [9.17, 15) is 9.59 Å². The summed E-state index contributed by atoms with van der Waals surface area (Å²) >= 11 is 1.52. The first-order valence-corrected chi connectivity index (χ1v) is 6.67. The first-order valence-electron chi connectivity index (χ1n) is 5.52. The highest BCUT2D eigenvalue weighted by Gasteiger charge is 2.37. The maximum absolute atomic E-state index is 12.1. The van der Waals surface area contributed by atoms with Gasteiger partial charge in [0, 0.05) is 11.7 Å². The molecule has 2 fully saturated rings. The third-order valence-electron chi connectivity index (χ3n) is 3.14. The summed E-state index contributed by atoms with van der Waals surface area (Å²) in [4.78, 5) is 24.6. The Morgan fingerprint density at radius 3 is 2.62 bits per heavy atom. The van der Waals surface area contributed by atoms with Crippen LogP contribution >= 0.6 is 11.8 Å². The van der Waals surface area contributed by atoms with Crippen LogP contribution in [0.15, 0.2) is 0 Å². The van der Waals surface area contributed by atoms with E-state index >= 15 is 0 Å². The lowest BCUT2D eigenvalue weighted by Gasteiger charge is -2.28. The number of carboxylic acid groups (broad SMARTS) is 1. The lowest BCUT2D eigenvalue weighted by Crippen LogP contribution is -2.46. The molecule has 5 nitrogen and oxygen atoms in total. The van der Waals surface area contributed by atoms with Crippen molar-refractivity contribution in [2.45, 2.75) is 18.9 Å². The minimum absolute atomic E-state index is 0.0156. The number of carbonyl (C=O) groups excluding carboxylic acids is 1. The molecule has 1 atom stereocenters. The molecule has 1 amide bonds. The number of piperidine rings is 1. The molecule has 2 heterocycles. The number of nitrogens with zero attached hydrogens (tertiary/aromatic N) is 1. The molecule has 0 aromatic heterocycles. The molecule has 0 radical (unpaired) electrons. The molecule has 0 bridgehead atoms. The molecule has 0 aliphatic carbocycles. The number of carboxylic acids is 1. The number of hydrogen-bond donors (Lipinski definition) is 2. The van der Waals surface area contributed by atoms with E-state index in [4.69, 9.17) is 5.11 Å². The minimum Gasteiger partial charge on any atom is -0.480 e. The third-order valence-corrected chi connectivity index (χ3v) is 4.15. The van der Waals surface area contributed by atoms with Crippen molar-refractivity contribution in [3.8, 4) is 0 Å². The fourth-order valence-corrected chi connectivity index (χ4v) is 3.32. The highest BCUT2D eigenvalue weighted by Crippen LogP contribution is 2.25. The van der Waals surface area contributed by atoms with Crippen LogP contribution < -0.4 is 5.32 Å². The zero-order valence-corrected chi connectivity index (χ0v) is 9.83. The van der Waals surface area contributed by atoms with Gasteiger partial charge >= 0.3 is 5.97 Å². The number of hydrogen-bond acceptors (Lipinski definition) is 4. The highest BCUT2D eigenvalue weighted by molar-refractivity contribution is 7.99. The van der Waals surface area contributed by atoms with Crippen LogP contribution in [0.25, 0.3) is 0 Å². The normalized spacial score (nSPS) is 27.0. The highest BCUT2D eigenvalue weighted by atomic mass is 32.2. The Kier molecular flexibility index (Phi) is 3.70. The smallest absolute Gasteiger partial charge is 0.327 e. The van der Waals surface area contributed by atoms with Crippen LogP contribution in [-0.4, -0.2) is 52.6 Å². The van der Waals surface area contributed by atoms with Crippen LogP contribution in [0.5, 0.6) is 0 Å². The average Bonchev–Trinajstić information content (AvgIpc) is 2.78. The van der Waals surface area contributed by atoms with Crippen LogP contribution in [-0.2, 0) is 9.59 Å². The number of thioether (sulfide) groups is 1. The van der Waals surface area contributed by atoms with E-state index in [-0.39, 0.29) is 11.8 Å². The Morgan fingerprint density at radius 1 is 1.31 bits per heavy atom. The second kappa shape index (κ2) is 5.05. The maximum atomic E-state index is 12.1. The van der Waals surface area contributed by atoms with Crippen LogP contribution in [0.1, 0.15) is 12.8 Å². The molecule has 0 aromatic rings. The summed E-state index contributed by atoms with van der Waals surface area (Å²) in [5.41, 5.74) is 0. The van der Waals surface area contributed by atoms with Gasteiger partial charge in [-0.05, 0) is 25.9 Å². The quantitative estimate of drug-likeness (QED) is 0.714. The Bertz CT molecular complexity index is 292. The predicted molar refractivity (Wildman–Crippen MR) is 61.2 cm³/mol. The number of carbonyl (C=O) groups is 2. The molecule has 90 valence electrons. The van der Waals surface area contributed by atoms with Gasteiger partial charge in [-0.1, -0.05) is 0 Å². The lowest BCUT2D eigenvalue weighted by atomic mass is 9.96. The van der Waals surface area contributed by atoms with Crippen molar-refractivity contribution >= 4 is 23.6 Å². The summed E-state index contributed by atoms with van der Waals surface area (Å²) < 4.78 is 0. The van der Waals surface area contributed by atoms with Crippen molar-refractivity contribution in [2.75, 3.05) is 24.7 Å². The molecule has 0 unspecified atom stereocenters. The summed E-state index contributed by atoms with van der Waals surface area (Å²) in [6, 6.07) is -0.618. The molecule has 16 heavy (non-hydrogen) atoms. The van der Waals surface area contributed by atoms with Crippen LogP contribution in [0.3, 0.4) is 0 Å². The largest absolute Gasteiger partial charge is 0.480 e. The number of amides is 1. The van der Waals surface area contributed by atoms with Crippen molar-refractivity contribution < 1.29 is 14.7 Å². The molecule has 2 aliphatic rings. The number of aliphatic carboxylic acids is 1. The van der Waals surface area contributed by atoms with Crippen molar-refractivity contribution in [3.05, 3.63) is 0 Å². The van der Waals surface area contributed by atoms with E-state index in [0.717, 1.165) is 25.9 Å². The van der Waals surface area contributed by atoms with Crippen molar-refractivity contribution in [1.29, 1.82) is 0 Å². The summed E-state index contributed by atoms with van der Waals surface area (Å²) in [6.07, 6.45) is 1.65. The van der Waals surface area contributed by atoms with E-state index in [1.54, 1.807) is 0 Å². The molecule has 0 saturated carbocycles. The van der Waals surface area contributed by atoms with Crippen LogP contribution in [0, 0.1) is 5.92 Å². The van der Waals surface area contributed by atoms with Crippen LogP contribution in [0.2, 0.25) is 0 Å². The Balaban J connectivity index is 1.99. The Hall–Kier alpha value is -0.750. The van der Waals surface area contributed by atoms with Crippen LogP contribution in [0.4, 0.5) is 0 Å². The molecule has 0 aromatic carbocycles. The zero-order valence-electron chi connectivity index (χ0n) is 9.02. The summed E-state index contributed by atoms with van der Waals surface area (Å²) in [5, 5.41) is 12.2. The fraction of sp³-hybridized carbons (Fsp3) is 0.800. The van der Waals surface area contributed by atoms with E-state index in [1.165, 1.54) is 16.7 Å². The standard InChI is InChI=1S/C10H16N2O3S/c13-9(7-1-3-11-4-2-7)12-6-16-5-8(12)10(14)15/h7-8,11H,1-6H2,(H,14,15)/t8-/m0/s1.